The summed E-state index contributed by atoms with van der Waals surface area (Å²) >= 11 is 3.78. The Morgan fingerprint density at radius 1 is 1.38 bits per heavy atom. The summed E-state index contributed by atoms with van der Waals surface area (Å²) in [7, 11) is 1.25. The van der Waals surface area contributed by atoms with Crippen LogP contribution in [0.15, 0.2) is 51.0 Å². The molecule has 5 heterocycles. The van der Waals surface area contributed by atoms with Crippen molar-refractivity contribution in [3.8, 4) is 0 Å². The van der Waals surface area contributed by atoms with Gasteiger partial charge in [0.1, 0.15) is 42.0 Å². The highest BCUT2D eigenvalue weighted by atomic mass is 32.2. The number of nitrogen functional groups attached to an aromatic ring is 1. The summed E-state index contributed by atoms with van der Waals surface area (Å²) in [4.78, 5) is 52.5. The topological polar surface area (TPSA) is 220 Å². The van der Waals surface area contributed by atoms with Crippen molar-refractivity contribution in [2.75, 3.05) is 30.9 Å². The molecule has 5 rings (SSSR count). The molecule has 0 spiro atoms. The molecule has 0 radical (unpaired) electrons. The van der Waals surface area contributed by atoms with Gasteiger partial charge in [-0.3, -0.25) is 19.5 Å². The number of β-lactam (4-membered cyclic amide) rings is 1. The predicted molar refractivity (Wildman–Crippen MR) is 156 cm³/mol. The van der Waals surface area contributed by atoms with Crippen molar-refractivity contribution in [1.82, 2.24) is 29.2 Å². The van der Waals surface area contributed by atoms with E-state index in [9.17, 15) is 19.5 Å². The molecule has 2 atom stereocenters. The third-order valence-electron chi connectivity index (χ3n) is 6.15. The minimum Gasteiger partial charge on any atom is -0.477 e. The summed E-state index contributed by atoms with van der Waals surface area (Å²) in [6.45, 7) is 2.56. The van der Waals surface area contributed by atoms with Crippen molar-refractivity contribution in [3.63, 3.8) is 0 Å². The van der Waals surface area contributed by atoms with E-state index in [0.29, 0.717) is 23.7 Å². The fraction of sp³-hybridized carbons (Fsp3) is 0.348. The predicted octanol–water partition coefficient (Wildman–Crippen LogP) is -0.686. The van der Waals surface area contributed by atoms with Gasteiger partial charge in [0.2, 0.25) is 11.5 Å². The van der Waals surface area contributed by atoms with E-state index >= 15 is 0 Å². The van der Waals surface area contributed by atoms with Crippen LogP contribution in [0.4, 0.5) is 5.13 Å². The summed E-state index contributed by atoms with van der Waals surface area (Å²) in [5.74, 6) is -0.979. The van der Waals surface area contributed by atoms with Crippen molar-refractivity contribution < 1.29 is 28.9 Å². The van der Waals surface area contributed by atoms with Crippen LogP contribution >= 0.6 is 35.1 Å². The highest BCUT2D eigenvalue weighted by molar-refractivity contribution is 8.00. The van der Waals surface area contributed by atoms with E-state index in [4.69, 9.17) is 16.3 Å². The number of carbonyl (C=O) groups is 3. The number of hydrogen-bond donors (Lipinski definition) is 4. The Bertz CT molecular complexity index is 1650. The lowest BCUT2D eigenvalue weighted by Gasteiger charge is -2.49. The van der Waals surface area contributed by atoms with Gasteiger partial charge in [-0.2, -0.15) is 9.36 Å². The van der Waals surface area contributed by atoms with Crippen LogP contribution in [0.2, 0.25) is 0 Å². The zero-order chi connectivity index (χ0) is 30.0. The zero-order valence-electron chi connectivity index (χ0n) is 22.3. The van der Waals surface area contributed by atoms with E-state index in [0.717, 1.165) is 28.0 Å². The Hall–Kier alpha value is -4.23. The Kier molecular flexibility index (Phi) is 8.59. The molecule has 0 unspecified atom stereocenters. The lowest BCUT2D eigenvalue weighted by Crippen LogP contribution is -2.71. The van der Waals surface area contributed by atoms with Gasteiger partial charge in [-0.25, -0.2) is 9.36 Å². The lowest BCUT2D eigenvalue weighted by atomic mass is 10.0. The number of aliphatic imine (C=N–C) groups is 1. The van der Waals surface area contributed by atoms with Gasteiger partial charge in [-0.1, -0.05) is 10.3 Å². The van der Waals surface area contributed by atoms with E-state index in [-0.39, 0.29) is 28.9 Å². The number of carboxylic acid groups (broad SMARTS) is 1. The molecule has 2 amide bonds. The molecule has 0 bridgehead atoms. The van der Waals surface area contributed by atoms with E-state index in [2.05, 4.69) is 29.9 Å². The van der Waals surface area contributed by atoms with Crippen molar-refractivity contribution in [3.05, 3.63) is 41.6 Å². The Balaban J connectivity index is 1.30. The van der Waals surface area contributed by atoms with Crippen LogP contribution in [0.25, 0.3) is 5.65 Å². The van der Waals surface area contributed by atoms with Crippen LogP contribution in [0.3, 0.4) is 0 Å². The maximum absolute atomic E-state index is 13.2. The number of hydrogen-bond acceptors (Lipinski definition) is 13. The number of rotatable bonds is 11. The van der Waals surface area contributed by atoms with Crippen LogP contribution < -0.4 is 21.4 Å². The molecule has 220 valence electrons. The molecule has 1 fully saturated rings. The van der Waals surface area contributed by atoms with Crippen molar-refractivity contribution >= 4 is 75.2 Å². The third-order valence-corrected chi connectivity index (χ3v) is 8.93. The number of nitrogens with two attached hydrogens (primary N) is 2. The fourth-order valence-corrected chi connectivity index (χ4v) is 6.85. The first-order chi connectivity index (χ1) is 20.2. The first-order valence-electron chi connectivity index (χ1n) is 12.4. The average Bonchev–Trinajstić information content (AvgIpc) is 3.57. The van der Waals surface area contributed by atoms with Crippen LogP contribution in [0.1, 0.15) is 12.7 Å². The number of amides is 2. The van der Waals surface area contributed by atoms with Gasteiger partial charge >= 0.3 is 11.6 Å². The molecular weight excluding hydrogens is 607 g/mol. The number of carboxylic acids is 1. The molecule has 3 aromatic rings. The number of thioether (sulfide) groups is 2. The summed E-state index contributed by atoms with van der Waals surface area (Å²) in [5.41, 5.74) is 12.1. The molecule has 0 saturated carbocycles. The summed E-state index contributed by atoms with van der Waals surface area (Å²) in [6.07, 6.45) is 3.59. The van der Waals surface area contributed by atoms with Crippen LogP contribution in [-0.4, -0.2) is 94.9 Å². The Labute approximate surface area is 251 Å². The smallest absolute Gasteiger partial charge is 0.352 e. The molecule has 2 aliphatic rings. The number of nitrogens with one attached hydrogen (secondary N) is 1. The largest absolute Gasteiger partial charge is 0.477 e. The van der Waals surface area contributed by atoms with Crippen molar-refractivity contribution in [2.45, 2.75) is 29.9 Å². The van der Waals surface area contributed by atoms with E-state index < -0.39 is 29.2 Å². The second-order valence-corrected chi connectivity index (χ2v) is 12.0. The fourth-order valence-electron chi connectivity index (χ4n) is 4.38. The number of carbonyl (C=O) groups excluding carboxylic acids is 2. The number of anilines is 1. The number of imidazole rings is 1. The zero-order valence-corrected chi connectivity index (χ0v) is 24.8. The van der Waals surface area contributed by atoms with E-state index in [1.807, 2.05) is 16.7 Å². The number of nitrogens with zero attached hydrogens (tertiary/aromatic N) is 8. The first kappa shape index (κ1) is 29.3. The number of aliphatic carboxylic acids is 1. The normalized spacial score (nSPS) is 19.1. The molecule has 6 N–H and O–H groups in total. The highest BCUT2D eigenvalue weighted by Crippen LogP contribution is 2.40. The second-order valence-electron chi connectivity index (χ2n) is 8.97. The van der Waals surface area contributed by atoms with Crippen LogP contribution in [0, 0.1) is 0 Å². The number of fused-ring (bicyclic) bond motifs is 2. The van der Waals surface area contributed by atoms with Gasteiger partial charge in [0.05, 0.1) is 12.4 Å². The third kappa shape index (κ3) is 5.88. The van der Waals surface area contributed by atoms with Gasteiger partial charge in [-0.15, -0.1) is 28.0 Å². The summed E-state index contributed by atoms with van der Waals surface area (Å²) in [6, 6.07) is 2.81. The second kappa shape index (κ2) is 12.3. The molecule has 2 aliphatic heterocycles. The number of amidine groups is 1. The molecular formula is C23H26N11O5S3+. The molecule has 1 saturated heterocycles. The molecule has 16 nitrogen and oxygen atoms in total. The Morgan fingerprint density at radius 2 is 2.19 bits per heavy atom. The van der Waals surface area contributed by atoms with Gasteiger partial charge in [0.25, 0.3) is 11.8 Å². The quantitative estimate of drug-likeness (QED) is 0.0393. The summed E-state index contributed by atoms with van der Waals surface area (Å²) < 4.78 is 7.55. The van der Waals surface area contributed by atoms with Crippen molar-refractivity contribution in [2.24, 2.45) is 15.9 Å². The van der Waals surface area contributed by atoms with Gasteiger partial charge in [0, 0.05) is 34.7 Å². The number of aromatic nitrogens is 5. The monoisotopic (exact) mass is 632 g/mol. The summed E-state index contributed by atoms with van der Waals surface area (Å²) in [5, 5.41) is 21.3. The number of oxime groups is 1. The Morgan fingerprint density at radius 3 is 2.88 bits per heavy atom. The highest BCUT2D eigenvalue weighted by Gasteiger charge is 2.54. The van der Waals surface area contributed by atoms with E-state index in [1.54, 1.807) is 35.6 Å². The maximum atomic E-state index is 13.2. The van der Waals surface area contributed by atoms with Gasteiger partial charge in [0.15, 0.2) is 11.3 Å². The molecule has 0 aliphatic carbocycles. The first-order valence-corrected chi connectivity index (χ1v) is 15.2. The van der Waals surface area contributed by atoms with Crippen molar-refractivity contribution in [1.29, 1.82) is 0 Å². The van der Waals surface area contributed by atoms with Crippen LogP contribution in [0.5, 0.6) is 0 Å². The standard InChI is InChI=1S/C23H25N11O5S3/c1-11(24)26-5-8-40-13-3-4-14-32(6-7-33(14)29-13)9-12-10-41-21-16(20(36)34(21)17(12)22(37)38)27-19(35)15(30-39-2)18-28-23(25)42-31-18/h3-4,6-7,16,21H,5,8-10H2,1-2H3,(H5-,24,25,26,27,28,31,35,37,38)/p+1/b30-15-/t16-,21-/m1/s1. The minimum atomic E-state index is -1.23. The van der Waals surface area contributed by atoms with E-state index in [1.165, 1.54) is 23.8 Å². The lowest BCUT2D eigenvalue weighted by molar-refractivity contribution is -0.662. The maximum Gasteiger partial charge on any atom is 0.352 e. The minimum absolute atomic E-state index is 0.0435. The molecule has 42 heavy (non-hydrogen) atoms. The van der Waals surface area contributed by atoms with Gasteiger partial charge in [-0.05, 0) is 13.0 Å². The average molecular weight is 633 g/mol. The van der Waals surface area contributed by atoms with Gasteiger partial charge < -0.3 is 26.7 Å². The van der Waals surface area contributed by atoms with Crippen LogP contribution in [-0.2, 0) is 25.8 Å². The molecule has 19 heteroatoms. The SMILES string of the molecule is CO/N=C(\C(=O)N[C@@H]1C(=O)N2C(C(=O)O)=C(C[n+]3ccn4nc(SCCN=C(C)N)ccc43)CS[C@H]12)c1nsc(N)n1. The molecule has 0 aromatic carbocycles. The molecule has 3 aromatic heterocycles.